The molecule has 2 N–H and O–H groups in total. The molecule has 0 aliphatic carbocycles. The number of benzene rings is 1. The van der Waals surface area contributed by atoms with Gasteiger partial charge < -0.3 is 20.1 Å². The Morgan fingerprint density at radius 2 is 2.13 bits per heavy atom. The molecule has 0 spiro atoms. The fourth-order valence-electron chi connectivity index (χ4n) is 2.82. The van der Waals surface area contributed by atoms with E-state index in [1.54, 1.807) is 0 Å². The Kier molecular flexibility index (Phi) is 6.42. The first-order chi connectivity index (χ1) is 10.9. The molecule has 0 aromatic heterocycles. The molecule has 0 unspecified atom stereocenters. The lowest BCUT2D eigenvalue weighted by Crippen LogP contribution is -2.40. The van der Waals surface area contributed by atoms with Gasteiger partial charge in [-0.2, -0.15) is 0 Å². The number of rotatable bonds is 6. The number of β-amino-alcohol motifs (C(OH)–C–C–N with tert-alkyl or cyclic N) is 1. The van der Waals surface area contributed by atoms with E-state index in [4.69, 9.17) is 4.74 Å². The zero-order valence-corrected chi connectivity index (χ0v) is 14.3. The number of hydrogen-bond acceptors (Lipinski definition) is 4. The molecule has 1 aliphatic heterocycles. The van der Waals surface area contributed by atoms with Gasteiger partial charge in [0.2, 0.25) is 5.91 Å². The van der Waals surface area contributed by atoms with E-state index < -0.39 is 6.10 Å². The Labute approximate surface area is 138 Å². The van der Waals surface area contributed by atoms with Gasteiger partial charge in [-0.3, -0.25) is 4.79 Å². The first kappa shape index (κ1) is 17.8. The maximum absolute atomic E-state index is 11.3. The highest BCUT2D eigenvalue weighted by molar-refractivity contribution is 5.90. The normalized spacial score (nSPS) is 17.7. The van der Waals surface area contributed by atoms with Gasteiger partial charge in [0.05, 0.1) is 5.69 Å². The first-order valence-electron chi connectivity index (χ1n) is 8.35. The van der Waals surface area contributed by atoms with Crippen LogP contribution in [0.1, 0.15) is 32.3 Å². The molecular formula is C18H28N2O3. The van der Waals surface area contributed by atoms with Gasteiger partial charge in [0.25, 0.3) is 0 Å². The molecule has 128 valence electrons. The molecule has 0 saturated carbocycles. The van der Waals surface area contributed by atoms with E-state index in [1.807, 2.05) is 25.1 Å². The first-order valence-corrected chi connectivity index (χ1v) is 8.35. The second-order valence-electron chi connectivity index (χ2n) is 6.63. The average molecular weight is 320 g/mol. The summed E-state index contributed by atoms with van der Waals surface area (Å²) >= 11 is 0. The summed E-state index contributed by atoms with van der Waals surface area (Å²) in [5, 5.41) is 13.0. The van der Waals surface area contributed by atoms with Crippen LogP contribution in [0.15, 0.2) is 18.2 Å². The van der Waals surface area contributed by atoms with Crippen molar-refractivity contribution < 1.29 is 14.6 Å². The number of amides is 1. The standard InChI is InChI=1S/C18H28N2O3/c1-13-6-8-20(9-7-13)11-16(22)12-23-18-10-14(2)4-5-17(18)19-15(3)21/h4-5,10,13,16,22H,6-9,11-12H2,1-3H3,(H,19,21)/t16-/m0/s1. The second-order valence-corrected chi connectivity index (χ2v) is 6.63. The third-order valence-electron chi connectivity index (χ3n) is 4.22. The molecule has 1 aromatic carbocycles. The predicted molar refractivity (Wildman–Crippen MR) is 91.8 cm³/mol. The Morgan fingerprint density at radius 3 is 2.78 bits per heavy atom. The predicted octanol–water partition coefficient (Wildman–Crippen LogP) is 2.43. The van der Waals surface area contributed by atoms with Crippen LogP contribution in [0.4, 0.5) is 5.69 Å². The molecule has 1 aromatic rings. The molecule has 1 amide bonds. The molecule has 0 bridgehead atoms. The minimum absolute atomic E-state index is 0.137. The van der Waals surface area contributed by atoms with Crippen molar-refractivity contribution in [1.29, 1.82) is 0 Å². The number of aryl methyl sites for hydroxylation is 1. The van der Waals surface area contributed by atoms with E-state index in [1.165, 1.54) is 19.8 Å². The van der Waals surface area contributed by atoms with Crippen LogP contribution in [0.2, 0.25) is 0 Å². The van der Waals surface area contributed by atoms with Gasteiger partial charge in [0.1, 0.15) is 18.5 Å². The van der Waals surface area contributed by atoms with Crippen molar-refractivity contribution in [2.75, 3.05) is 31.6 Å². The summed E-state index contributed by atoms with van der Waals surface area (Å²) in [6.07, 6.45) is 1.85. The molecule has 1 aliphatic rings. The summed E-state index contributed by atoms with van der Waals surface area (Å²) in [4.78, 5) is 13.5. The van der Waals surface area contributed by atoms with Crippen LogP contribution in [0.25, 0.3) is 0 Å². The third kappa shape index (κ3) is 5.84. The van der Waals surface area contributed by atoms with Crippen LogP contribution in [0, 0.1) is 12.8 Å². The van der Waals surface area contributed by atoms with E-state index in [0.717, 1.165) is 24.6 Å². The third-order valence-corrected chi connectivity index (χ3v) is 4.22. The van der Waals surface area contributed by atoms with Crippen LogP contribution in [-0.2, 0) is 4.79 Å². The maximum Gasteiger partial charge on any atom is 0.221 e. The molecule has 2 rings (SSSR count). The van der Waals surface area contributed by atoms with Crippen LogP contribution >= 0.6 is 0 Å². The van der Waals surface area contributed by atoms with E-state index in [2.05, 4.69) is 17.1 Å². The van der Waals surface area contributed by atoms with Crippen molar-refractivity contribution in [3.63, 3.8) is 0 Å². The molecule has 23 heavy (non-hydrogen) atoms. The monoisotopic (exact) mass is 320 g/mol. The minimum atomic E-state index is -0.533. The van der Waals surface area contributed by atoms with Crippen molar-refractivity contribution in [3.05, 3.63) is 23.8 Å². The van der Waals surface area contributed by atoms with Gasteiger partial charge >= 0.3 is 0 Å². The number of aliphatic hydroxyl groups is 1. The van der Waals surface area contributed by atoms with Crippen molar-refractivity contribution in [2.24, 2.45) is 5.92 Å². The number of piperidine rings is 1. The average Bonchev–Trinajstić information content (AvgIpc) is 2.49. The fraction of sp³-hybridized carbons (Fsp3) is 0.611. The van der Waals surface area contributed by atoms with Gasteiger partial charge in [-0.05, 0) is 56.5 Å². The molecule has 1 heterocycles. The largest absolute Gasteiger partial charge is 0.489 e. The number of aliphatic hydroxyl groups excluding tert-OH is 1. The summed E-state index contributed by atoms with van der Waals surface area (Å²) in [5.41, 5.74) is 1.69. The van der Waals surface area contributed by atoms with E-state index in [0.29, 0.717) is 18.0 Å². The number of nitrogens with one attached hydrogen (secondary N) is 1. The SMILES string of the molecule is CC(=O)Nc1ccc(C)cc1OC[C@@H](O)CN1CCC(C)CC1. The van der Waals surface area contributed by atoms with Gasteiger partial charge in [0, 0.05) is 13.5 Å². The lowest BCUT2D eigenvalue weighted by atomic mass is 9.99. The van der Waals surface area contributed by atoms with Crippen LogP contribution in [0.5, 0.6) is 5.75 Å². The van der Waals surface area contributed by atoms with Crippen LogP contribution in [0.3, 0.4) is 0 Å². The molecule has 5 heteroatoms. The highest BCUT2D eigenvalue weighted by Crippen LogP contribution is 2.26. The number of nitrogens with zero attached hydrogens (tertiary/aromatic N) is 1. The van der Waals surface area contributed by atoms with E-state index in [9.17, 15) is 9.90 Å². The molecule has 1 atom stereocenters. The molecule has 1 saturated heterocycles. The number of carbonyl (C=O) groups excluding carboxylic acids is 1. The topological polar surface area (TPSA) is 61.8 Å². The Bertz CT molecular complexity index is 525. The minimum Gasteiger partial charge on any atom is -0.489 e. The summed E-state index contributed by atoms with van der Waals surface area (Å²) in [6, 6.07) is 5.62. The number of likely N-dealkylation sites (tertiary alicyclic amines) is 1. The Balaban J connectivity index is 1.87. The van der Waals surface area contributed by atoms with Gasteiger partial charge in [-0.25, -0.2) is 0 Å². The zero-order valence-electron chi connectivity index (χ0n) is 14.3. The zero-order chi connectivity index (χ0) is 16.8. The number of carbonyl (C=O) groups is 1. The lowest BCUT2D eigenvalue weighted by Gasteiger charge is -2.31. The molecule has 5 nitrogen and oxygen atoms in total. The summed E-state index contributed by atoms with van der Waals surface area (Å²) in [7, 11) is 0. The Hall–Kier alpha value is -1.59. The van der Waals surface area contributed by atoms with Crippen LogP contribution < -0.4 is 10.1 Å². The smallest absolute Gasteiger partial charge is 0.221 e. The van der Waals surface area contributed by atoms with Gasteiger partial charge in [-0.15, -0.1) is 0 Å². The van der Waals surface area contributed by atoms with Crippen LogP contribution in [-0.4, -0.2) is 48.3 Å². The van der Waals surface area contributed by atoms with Crippen molar-refractivity contribution in [1.82, 2.24) is 4.90 Å². The van der Waals surface area contributed by atoms with Crippen molar-refractivity contribution in [3.8, 4) is 5.75 Å². The van der Waals surface area contributed by atoms with Gasteiger partial charge in [0.15, 0.2) is 0 Å². The maximum atomic E-state index is 11.3. The van der Waals surface area contributed by atoms with Gasteiger partial charge in [-0.1, -0.05) is 13.0 Å². The van der Waals surface area contributed by atoms with Crippen molar-refractivity contribution in [2.45, 2.75) is 39.7 Å². The van der Waals surface area contributed by atoms with Crippen molar-refractivity contribution >= 4 is 11.6 Å². The molecule has 1 fully saturated rings. The van der Waals surface area contributed by atoms with E-state index in [-0.39, 0.29) is 12.5 Å². The quantitative estimate of drug-likeness (QED) is 0.845. The summed E-state index contributed by atoms with van der Waals surface area (Å²) in [5.74, 6) is 1.25. The highest BCUT2D eigenvalue weighted by atomic mass is 16.5. The number of ether oxygens (including phenoxy) is 1. The summed E-state index contributed by atoms with van der Waals surface area (Å²) < 4.78 is 5.75. The fourth-order valence-corrected chi connectivity index (χ4v) is 2.82. The molecular weight excluding hydrogens is 292 g/mol. The second kappa shape index (κ2) is 8.31. The lowest BCUT2D eigenvalue weighted by molar-refractivity contribution is -0.114. The number of anilines is 1. The Morgan fingerprint density at radius 1 is 1.43 bits per heavy atom. The number of hydrogen-bond donors (Lipinski definition) is 2. The molecule has 0 radical (unpaired) electrons. The van der Waals surface area contributed by atoms with E-state index >= 15 is 0 Å². The highest BCUT2D eigenvalue weighted by Gasteiger charge is 2.19. The summed E-state index contributed by atoms with van der Waals surface area (Å²) in [6.45, 7) is 8.65.